The van der Waals surface area contributed by atoms with Gasteiger partial charge in [0.25, 0.3) is 0 Å². The molecule has 0 aromatic carbocycles. The second kappa shape index (κ2) is 6.26. The van der Waals surface area contributed by atoms with E-state index in [1.165, 1.54) is 5.57 Å². The third-order valence-electron chi connectivity index (χ3n) is 4.20. The zero-order valence-electron chi connectivity index (χ0n) is 13.2. The monoisotopic (exact) mass is 250 g/mol. The summed E-state index contributed by atoms with van der Waals surface area (Å²) >= 11 is 0. The lowest BCUT2D eigenvalue weighted by atomic mass is 9.75. The Labute approximate surface area is 113 Å². The van der Waals surface area contributed by atoms with Gasteiger partial charge in [-0.1, -0.05) is 60.3 Å². The normalized spacial score (nSPS) is 14.8. The third kappa shape index (κ3) is 4.04. The van der Waals surface area contributed by atoms with Gasteiger partial charge >= 0.3 is 0 Å². The molecule has 1 N–H and O–H groups in total. The first-order valence-electron chi connectivity index (χ1n) is 6.89. The summed E-state index contributed by atoms with van der Waals surface area (Å²) in [5, 5.41) is 9.87. The minimum absolute atomic E-state index is 0.0517. The largest absolute Gasteiger partial charge is 0.508 e. The van der Waals surface area contributed by atoms with Crippen LogP contribution in [0.5, 0.6) is 0 Å². The van der Waals surface area contributed by atoms with E-state index in [-0.39, 0.29) is 16.6 Å². The molecule has 18 heavy (non-hydrogen) atoms. The molecule has 0 aliphatic rings. The summed E-state index contributed by atoms with van der Waals surface area (Å²) in [5.74, 6) is 0.188. The van der Waals surface area contributed by atoms with Crippen molar-refractivity contribution in [1.29, 1.82) is 0 Å². The molecular formula is C17H30O. The number of rotatable bonds is 6. The van der Waals surface area contributed by atoms with Crippen molar-refractivity contribution in [3.63, 3.8) is 0 Å². The first-order valence-corrected chi connectivity index (χ1v) is 6.89. The Bertz CT molecular complexity index is 354. The second-order valence-corrected chi connectivity index (χ2v) is 6.22. The lowest BCUT2D eigenvalue weighted by Gasteiger charge is -2.30. The van der Waals surface area contributed by atoms with Gasteiger partial charge in [0, 0.05) is 0 Å². The Kier molecular flexibility index (Phi) is 5.92. The lowest BCUT2D eigenvalue weighted by Crippen LogP contribution is -2.18. The summed E-state index contributed by atoms with van der Waals surface area (Å²) in [5.41, 5.74) is 2.28. The molecule has 0 aromatic rings. The molecule has 0 aromatic heterocycles. The van der Waals surface area contributed by atoms with E-state index in [0.29, 0.717) is 0 Å². The van der Waals surface area contributed by atoms with Crippen LogP contribution in [-0.2, 0) is 0 Å². The summed E-state index contributed by atoms with van der Waals surface area (Å²) in [6, 6.07) is 0. The Balaban J connectivity index is 5.65. The van der Waals surface area contributed by atoms with Crippen LogP contribution in [0.2, 0.25) is 0 Å². The van der Waals surface area contributed by atoms with Gasteiger partial charge in [-0.3, -0.25) is 0 Å². The third-order valence-corrected chi connectivity index (χ3v) is 4.20. The topological polar surface area (TPSA) is 20.2 Å². The number of allylic oxidation sites excluding steroid dienone is 4. The van der Waals surface area contributed by atoms with E-state index in [2.05, 4.69) is 67.2 Å². The zero-order chi connectivity index (χ0) is 14.6. The molecule has 1 heteroatoms. The van der Waals surface area contributed by atoms with Gasteiger partial charge in [0.2, 0.25) is 0 Å². The molecule has 0 saturated heterocycles. The van der Waals surface area contributed by atoms with Crippen molar-refractivity contribution in [3.8, 4) is 0 Å². The highest BCUT2D eigenvalue weighted by Gasteiger charge is 2.26. The highest BCUT2D eigenvalue weighted by Crippen LogP contribution is 2.38. The van der Waals surface area contributed by atoms with E-state index >= 15 is 0 Å². The highest BCUT2D eigenvalue weighted by molar-refractivity contribution is 5.38. The summed E-state index contributed by atoms with van der Waals surface area (Å²) in [4.78, 5) is 0. The lowest BCUT2D eigenvalue weighted by molar-refractivity contribution is 0.355. The van der Waals surface area contributed by atoms with Crippen LogP contribution in [0.1, 0.15) is 61.3 Å². The molecule has 0 unspecified atom stereocenters. The average Bonchev–Trinajstić information content (AvgIpc) is 2.28. The standard InChI is InChI=1S/C17H30O/c1-9-14(16(5,6)10-2)12-15(13(4)18)17(7,8)11-3/h9,12,18H,4,10-11H2,1-3,5-8H3/b14-9+,15-12+. The summed E-state index contributed by atoms with van der Waals surface area (Å²) in [7, 11) is 0. The molecule has 0 spiro atoms. The fourth-order valence-electron chi connectivity index (χ4n) is 1.89. The number of hydrogen-bond acceptors (Lipinski definition) is 1. The molecule has 0 aliphatic carbocycles. The van der Waals surface area contributed by atoms with Crippen molar-refractivity contribution >= 4 is 0 Å². The van der Waals surface area contributed by atoms with Crippen LogP contribution in [0.3, 0.4) is 0 Å². The predicted molar refractivity (Wildman–Crippen MR) is 81.8 cm³/mol. The van der Waals surface area contributed by atoms with E-state index < -0.39 is 0 Å². The average molecular weight is 250 g/mol. The van der Waals surface area contributed by atoms with E-state index in [0.717, 1.165) is 18.4 Å². The van der Waals surface area contributed by atoms with E-state index in [1.54, 1.807) is 0 Å². The first-order chi connectivity index (χ1) is 8.12. The van der Waals surface area contributed by atoms with Gasteiger partial charge in [0.15, 0.2) is 0 Å². The molecule has 0 amide bonds. The van der Waals surface area contributed by atoms with Gasteiger partial charge in [0.05, 0.1) is 0 Å². The Morgan fingerprint density at radius 1 is 1.06 bits per heavy atom. The Morgan fingerprint density at radius 3 is 1.78 bits per heavy atom. The molecule has 0 fully saturated rings. The smallest absolute Gasteiger partial charge is 0.112 e. The second-order valence-electron chi connectivity index (χ2n) is 6.22. The molecule has 1 nitrogen and oxygen atoms in total. The van der Waals surface area contributed by atoms with Gasteiger partial charge < -0.3 is 5.11 Å². The van der Waals surface area contributed by atoms with Crippen molar-refractivity contribution in [2.45, 2.75) is 61.3 Å². The van der Waals surface area contributed by atoms with Crippen molar-refractivity contribution in [3.05, 3.63) is 35.6 Å². The summed E-state index contributed by atoms with van der Waals surface area (Å²) < 4.78 is 0. The summed E-state index contributed by atoms with van der Waals surface area (Å²) in [6.07, 6.45) is 6.30. The molecule has 0 radical (unpaired) electrons. The molecule has 0 bridgehead atoms. The highest BCUT2D eigenvalue weighted by atomic mass is 16.3. The molecular weight excluding hydrogens is 220 g/mol. The zero-order valence-corrected chi connectivity index (χ0v) is 13.2. The van der Waals surface area contributed by atoms with Crippen molar-refractivity contribution < 1.29 is 5.11 Å². The summed E-state index contributed by atoms with van der Waals surface area (Å²) in [6.45, 7) is 18.9. The van der Waals surface area contributed by atoms with Gasteiger partial charge in [-0.05, 0) is 41.7 Å². The molecule has 0 atom stereocenters. The van der Waals surface area contributed by atoms with Crippen molar-refractivity contribution in [1.82, 2.24) is 0 Å². The minimum atomic E-state index is -0.0517. The van der Waals surface area contributed by atoms with Crippen molar-refractivity contribution in [2.24, 2.45) is 10.8 Å². The van der Waals surface area contributed by atoms with Crippen LogP contribution >= 0.6 is 0 Å². The first kappa shape index (κ1) is 17.0. The van der Waals surface area contributed by atoms with Crippen LogP contribution in [0.25, 0.3) is 0 Å². The van der Waals surface area contributed by atoms with Crippen LogP contribution < -0.4 is 0 Å². The molecule has 0 heterocycles. The maximum Gasteiger partial charge on any atom is 0.112 e. The minimum Gasteiger partial charge on any atom is -0.508 e. The van der Waals surface area contributed by atoms with Crippen molar-refractivity contribution in [2.75, 3.05) is 0 Å². The molecule has 0 saturated carbocycles. The number of aliphatic hydroxyl groups is 1. The fourth-order valence-corrected chi connectivity index (χ4v) is 1.89. The van der Waals surface area contributed by atoms with E-state index in [1.807, 2.05) is 0 Å². The van der Waals surface area contributed by atoms with Crippen LogP contribution in [0.4, 0.5) is 0 Å². The van der Waals surface area contributed by atoms with Gasteiger partial charge in [0.1, 0.15) is 5.76 Å². The maximum absolute atomic E-state index is 9.87. The van der Waals surface area contributed by atoms with E-state index in [9.17, 15) is 5.11 Å². The van der Waals surface area contributed by atoms with Crippen LogP contribution in [0.15, 0.2) is 35.6 Å². The SMILES string of the molecule is C=C(O)/C(=C\C(=C/C)C(C)(C)CC)C(C)(C)CC. The predicted octanol–water partition coefficient (Wildman–Crippen LogP) is 5.80. The Morgan fingerprint density at radius 2 is 1.50 bits per heavy atom. The number of hydrogen-bond donors (Lipinski definition) is 1. The fraction of sp³-hybridized carbons (Fsp3) is 0.647. The van der Waals surface area contributed by atoms with Crippen LogP contribution in [0, 0.1) is 10.8 Å². The van der Waals surface area contributed by atoms with E-state index in [4.69, 9.17) is 0 Å². The molecule has 104 valence electrons. The van der Waals surface area contributed by atoms with Gasteiger partial charge in [-0.15, -0.1) is 0 Å². The molecule has 0 rings (SSSR count). The van der Waals surface area contributed by atoms with Crippen LogP contribution in [-0.4, -0.2) is 5.11 Å². The quantitative estimate of drug-likeness (QED) is 0.466. The number of aliphatic hydroxyl groups excluding tert-OH is 1. The molecule has 0 aliphatic heterocycles. The van der Waals surface area contributed by atoms with Gasteiger partial charge in [-0.25, -0.2) is 0 Å². The Hall–Kier alpha value is -0.980. The maximum atomic E-state index is 9.87. The van der Waals surface area contributed by atoms with Gasteiger partial charge in [-0.2, -0.15) is 0 Å².